The van der Waals surface area contributed by atoms with Gasteiger partial charge in [-0.25, -0.2) is 18.4 Å². The van der Waals surface area contributed by atoms with Gasteiger partial charge < -0.3 is 30.7 Å². The number of Topliss-reactive ketones (excluding diaryl/α,β-unsaturated/α-hetero) is 2. The van der Waals surface area contributed by atoms with Crippen LogP contribution in [0.3, 0.4) is 0 Å². The fourth-order valence-electron chi connectivity index (χ4n) is 9.66. The molecule has 15 nitrogen and oxygen atoms in total. The molecule has 5 amide bonds. The second-order valence-corrected chi connectivity index (χ2v) is 20.2. The highest BCUT2D eigenvalue weighted by molar-refractivity contribution is 6.00. The number of halogens is 5. The van der Waals surface area contributed by atoms with E-state index in [1.54, 1.807) is 21.9 Å². The predicted molar refractivity (Wildman–Crippen MR) is 282 cm³/mol. The molecular formula is C56H71F5N10O5. The first-order chi connectivity index (χ1) is 36.4. The Balaban J connectivity index is 0.000000224. The Morgan fingerprint density at radius 3 is 1.26 bits per heavy atom. The fourth-order valence-corrected chi connectivity index (χ4v) is 9.66. The first-order valence-corrected chi connectivity index (χ1v) is 26.3. The molecule has 20 heteroatoms. The number of piperazine rings is 2. The number of carbonyl (C=O) groups is 5. The van der Waals surface area contributed by atoms with Gasteiger partial charge in [-0.2, -0.15) is 13.2 Å². The molecule has 4 heterocycles. The lowest BCUT2D eigenvalue weighted by Gasteiger charge is -2.34. The van der Waals surface area contributed by atoms with Crippen molar-refractivity contribution in [3.8, 4) is 0 Å². The minimum absolute atomic E-state index is 0.0933. The van der Waals surface area contributed by atoms with Crippen LogP contribution in [0.4, 0.5) is 42.9 Å². The second-order valence-electron chi connectivity index (χ2n) is 20.2. The number of hydrogen-bond acceptors (Lipinski definition) is 10. The molecule has 8 rings (SSSR count). The van der Waals surface area contributed by atoms with Gasteiger partial charge in [0.1, 0.15) is 11.6 Å². The molecule has 4 aromatic carbocycles. The third-order valence-corrected chi connectivity index (χ3v) is 14.5. The summed E-state index contributed by atoms with van der Waals surface area (Å²) >= 11 is 0. The Kier molecular flexibility index (Phi) is 20.5. The molecule has 4 aliphatic heterocycles. The summed E-state index contributed by atoms with van der Waals surface area (Å²) in [4.78, 5) is 78.4. The van der Waals surface area contributed by atoms with Crippen molar-refractivity contribution < 1.29 is 45.9 Å². The number of nitrogens with zero attached hydrogens (tertiary/aromatic N) is 8. The number of likely N-dealkylation sites (tertiary alicyclic amines) is 2. The number of amides is 5. The zero-order chi connectivity index (χ0) is 54.4. The zero-order valence-electron chi connectivity index (χ0n) is 43.6. The van der Waals surface area contributed by atoms with E-state index in [4.69, 9.17) is 5.73 Å². The molecule has 4 aliphatic rings. The minimum atomic E-state index is -5.12. The Hall–Kier alpha value is -6.32. The lowest BCUT2D eigenvalue weighted by atomic mass is 10.1. The number of nitrogens with one attached hydrogen (secondary N) is 1. The van der Waals surface area contributed by atoms with E-state index in [2.05, 4.69) is 45.8 Å². The molecule has 0 atom stereocenters. The largest absolute Gasteiger partial charge is 0.471 e. The topological polar surface area (TPSA) is 149 Å². The van der Waals surface area contributed by atoms with Crippen LogP contribution in [0.5, 0.6) is 0 Å². The Bertz CT molecular complexity index is 2590. The van der Waals surface area contributed by atoms with E-state index in [0.29, 0.717) is 37.4 Å². The van der Waals surface area contributed by atoms with Crippen molar-refractivity contribution in [2.24, 2.45) is 5.73 Å². The first-order valence-electron chi connectivity index (χ1n) is 26.3. The van der Waals surface area contributed by atoms with Gasteiger partial charge in [0.05, 0.1) is 26.2 Å². The molecule has 0 aromatic heterocycles. The summed E-state index contributed by atoms with van der Waals surface area (Å²) in [6.07, 6.45) is 0.775. The summed E-state index contributed by atoms with van der Waals surface area (Å²) in [6, 6.07) is 23.2. The molecule has 4 fully saturated rings. The third kappa shape index (κ3) is 16.1. The third-order valence-electron chi connectivity index (χ3n) is 14.5. The van der Waals surface area contributed by atoms with E-state index in [0.717, 1.165) is 121 Å². The van der Waals surface area contributed by atoms with Crippen LogP contribution in [0.2, 0.25) is 0 Å². The summed E-state index contributed by atoms with van der Waals surface area (Å²) in [5, 5.41) is 1.49. The quantitative estimate of drug-likeness (QED) is 0.0914. The van der Waals surface area contributed by atoms with Crippen LogP contribution >= 0.6 is 0 Å². The lowest BCUT2D eigenvalue weighted by molar-refractivity contribution is -0.173. The summed E-state index contributed by atoms with van der Waals surface area (Å²) < 4.78 is 67.3. The molecule has 4 aromatic rings. The number of ketones is 2. The van der Waals surface area contributed by atoms with Gasteiger partial charge in [-0.05, 0) is 100 Å². The van der Waals surface area contributed by atoms with Gasteiger partial charge >= 0.3 is 24.1 Å². The Morgan fingerprint density at radius 1 is 0.526 bits per heavy atom. The second kappa shape index (κ2) is 27.1. The number of alkyl halides is 3. The van der Waals surface area contributed by atoms with Crippen molar-refractivity contribution in [1.82, 2.24) is 34.7 Å². The van der Waals surface area contributed by atoms with Gasteiger partial charge in [0, 0.05) is 125 Å². The monoisotopic (exact) mass is 1060 g/mol. The van der Waals surface area contributed by atoms with Crippen molar-refractivity contribution in [1.29, 1.82) is 0 Å². The normalized spacial score (nSPS) is 17.1. The molecule has 0 aliphatic carbocycles. The molecule has 0 unspecified atom stereocenters. The zero-order valence-corrected chi connectivity index (χ0v) is 43.6. The van der Waals surface area contributed by atoms with E-state index in [1.165, 1.54) is 34.0 Å². The van der Waals surface area contributed by atoms with Gasteiger partial charge in [-0.15, -0.1) is 0 Å². The number of urea groups is 2. The predicted octanol–water partition coefficient (Wildman–Crippen LogP) is 7.37. The highest BCUT2D eigenvalue weighted by Crippen LogP contribution is 2.27. The van der Waals surface area contributed by atoms with E-state index in [-0.39, 0.29) is 54.2 Å². The Morgan fingerprint density at radius 2 is 0.908 bits per heavy atom. The number of nitrogens with two attached hydrogens (primary N) is 1. The van der Waals surface area contributed by atoms with Gasteiger partial charge in [-0.1, -0.05) is 48.5 Å². The van der Waals surface area contributed by atoms with Crippen molar-refractivity contribution in [3.05, 3.63) is 130 Å². The molecular weight excluding hydrogens is 988 g/mol. The van der Waals surface area contributed by atoms with E-state index in [1.807, 2.05) is 41.3 Å². The number of piperidine rings is 2. The average molecular weight is 1060 g/mol. The number of rotatable bonds is 15. The van der Waals surface area contributed by atoms with Crippen molar-refractivity contribution >= 4 is 40.9 Å². The van der Waals surface area contributed by atoms with Crippen LogP contribution in [0.1, 0.15) is 81.5 Å². The molecule has 0 saturated carbocycles. The number of benzene rings is 4. The van der Waals surface area contributed by atoms with E-state index < -0.39 is 36.0 Å². The summed E-state index contributed by atoms with van der Waals surface area (Å²) in [7, 11) is 4.25. The van der Waals surface area contributed by atoms with Crippen LogP contribution in [-0.4, -0.2) is 171 Å². The average Bonchev–Trinajstić information content (AvgIpc) is 3.43. The number of hydrogen-bond donors (Lipinski definition) is 2. The van der Waals surface area contributed by atoms with Crippen LogP contribution < -0.4 is 20.9 Å². The standard InChI is InChI=1S/C29H35F4N5O3.C27H36FN5O2/c1-35-13-15-36(16-14-35)19-21-5-9-24(10-6-21)38(28(41)37-11-3-2-4-12-37)20-23-8-7-22(17-25(23)30)26(39)18-34-27(40)29(31,32)33;1-30-13-15-31(16-14-30)19-21-5-9-24(10-6-21)33(27(35)32-11-3-2-4-12-32)20-23-8-7-22(17-25(23)28)26(34)18-29/h5-10,17H,2-4,11-16,18-20H2,1H3,(H,34,40);5-10,17H,2-4,11-16,18-20,29H2,1H3. The maximum absolute atomic E-state index is 15.2. The molecule has 4 saturated heterocycles. The smallest absolute Gasteiger partial charge is 0.341 e. The maximum Gasteiger partial charge on any atom is 0.471 e. The van der Waals surface area contributed by atoms with Crippen LogP contribution in [0.25, 0.3) is 0 Å². The SMILES string of the molecule is CN1CCN(Cc2ccc(N(Cc3ccc(C(=O)CN)cc3F)C(=O)N3CCCCC3)cc2)CC1.CN1CCN(Cc2ccc(N(Cc3ccc(C(=O)CNC(=O)C(F)(F)F)cc3F)C(=O)N3CCCCC3)cc2)CC1. The molecule has 0 bridgehead atoms. The van der Waals surface area contributed by atoms with Crippen LogP contribution in [-0.2, 0) is 31.0 Å². The van der Waals surface area contributed by atoms with E-state index >= 15 is 4.39 Å². The lowest BCUT2D eigenvalue weighted by Crippen LogP contribution is -2.45. The number of anilines is 2. The van der Waals surface area contributed by atoms with Gasteiger partial charge in [0.15, 0.2) is 11.6 Å². The minimum Gasteiger partial charge on any atom is -0.341 e. The van der Waals surface area contributed by atoms with E-state index in [9.17, 15) is 41.5 Å². The maximum atomic E-state index is 15.2. The van der Waals surface area contributed by atoms with Crippen LogP contribution in [0.15, 0.2) is 84.9 Å². The van der Waals surface area contributed by atoms with Gasteiger partial charge in [-0.3, -0.25) is 34.0 Å². The summed E-state index contributed by atoms with van der Waals surface area (Å²) in [5.74, 6) is -4.71. The van der Waals surface area contributed by atoms with Gasteiger partial charge in [0.25, 0.3) is 0 Å². The van der Waals surface area contributed by atoms with Crippen LogP contribution in [0, 0.1) is 11.6 Å². The molecule has 410 valence electrons. The first kappa shape index (κ1) is 57.4. The molecule has 76 heavy (non-hydrogen) atoms. The van der Waals surface area contributed by atoms with Crippen molar-refractivity contribution in [2.45, 2.75) is 70.9 Å². The molecule has 0 radical (unpaired) electrons. The molecule has 3 N–H and O–H groups in total. The number of carbonyl (C=O) groups excluding carboxylic acids is 5. The van der Waals surface area contributed by atoms with Gasteiger partial charge in [0.2, 0.25) is 0 Å². The van der Waals surface area contributed by atoms with Crippen molar-refractivity contribution in [3.63, 3.8) is 0 Å². The highest BCUT2D eigenvalue weighted by Gasteiger charge is 2.38. The summed E-state index contributed by atoms with van der Waals surface area (Å²) in [5.41, 5.74) is 9.64. The fraction of sp³-hybridized carbons (Fsp3) is 0.482. The van der Waals surface area contributed by atoms with Crippen molar-refractivity contribution in [2.75, 3.05) is 116 Å². The number of likely N-dealkylation sites (N-methyl/N-ethyl adjacent to an activating group) is 2. The summed E-state index contributed by atoms with van der Waals surface area (Å²) in [6.45, 7) is 11.4. The molecule has 0 spiro atoms. The highest BCUT2D eigenvalue weighted by atomic mass is 19.4. The Labute approximate surface area is 442 Å².